The van der Waals surface area contributed by atoms with Gasteiger partial charge in [-0.2, -0.15) is 13.2 Å². The Hall–Kier alpha value is -1.64. The Morgan fingerprint density at radius 2 is 1.88 bits per heavy atom. The lowest BCUT2D eigenvalue weighted by atomic mass is 9.82. The van der Waals surface area contributed by atoms with E-state index in [-0.39, 0.29) is 32.3 Å². The van der Waals surface area contributed by atoms with Crippen molar-refractivity contribution in [2.24, 2.45) is 5.92 Å². The van der Waals surface area contributed by atoms with Gasteiger partial charge in [-0.3, -0.25) is 4.79 Å². The van der Waals surface area contributed by atoms with Crippen LogP contribution in [0.1, 0.15) is 38.2 Å². The van der Waals surface area contributed by atoms with Crippen molar-refractivity contribution in [2.45, 2.75) is 48.4 Å². The van der Waals surface area contributed by atoms with E-state index < -0.39 is 49.8 Å². The molecule has 0 atom stereocenters. The fraction of sp³-hybridized carbons (Fsp3) is 0.588. The van der Waals surface area contributed by atoms with Gasteiger partial charge in [-0.1, -0.05) is 6.07 Å². The number of hydrogen-bond acceptors (Lipinski definition) is 4. The summed E-state index contributed by atoms with van der Waals surface area (Å²) in [5, 5.41) is 0. The largest absolute Gasteiger partial charge is 0.466 e. The summed E-state index contributed by atoms with van der Waals surface area (Å²) in [6.45, 7) is 0.609. The molecular weight excluding hydrogens is 376 g/mol. The Morgan fingerprint density at radius 1 is 1.27 bits per heavy atom. The molecule has 0 bridgehead atoms. The number of hydrogen-bond donors (Lipinski definition) is 0. The van der Waals surface area contributed by atoms with Crippen LogP contribution in [0.3, 0.4) is 0 Å². The van der Waals surface area contributed by atoms with Gasteiger partial charge in [-0.25, -0.2) is 12.8 Å². The number of esters is 1. The predicted octanol–water partition coefficient (Wildman–Crippen LogP) is 3.94. The molecule has 1 aromatic carbocycles. The molecule has 0 amide bonds. The van der Waals surface area contributed by atoms with Gasteiger partial charge < -0.3 is 4.74 Å². The molecule has 1 aliphatic rings. The summed E-state index contributed by atoms with van der Waals surface area (Å²) in [5.74, 6) is -0.984. The Labute approximate surface area is 149 Å². The molecule has 26 heavy (non-hydrogen) atoms. The zero-order chi connectivity index (χ0) is 19.6. The third-order valence-corrected chi connectivity index (χ3v) is 7.33. The van der Waals surface area contributed by atoms with E-state index in [1.54, 1.807) is 6.92 Å². The van der Waals surface area contributed by atoms with Gasteiger partial charge in [0.15, 0.2) is 9.84 Å². The van der Waals surface area contributed by atoms with Crippen molar-refractivity contribution in [3.05, 3.63) is 29.8 Å². The molecule has 0 aromatic heterocycles. The first-order valence-corrected chi connectivity index (χ1v) is 9.70. The summed E-state index contributed by atoms with van der Waals surface area (Å²) in [4.78, 5) is 11.2. The van der Waals surface area contributed by atoms with Gasteiger partial charge in [0, 0.05) is 0 Å². The van der Waals surface area contributed by atoms with Crippen LogP contribution >= 0.6 is 0 Å². The topological polar surface area (TPSA) is 60.4 Å². The number of sulfone groups is 1. The average Bonchev–Trinajstić information content (AvgIpc) is 2.61. The van der Waals surface area contributed by atoms with E-state index in [0.29, 0.717) is 6.07 Å². The van der Waals surface area contributed by atoms with Crippen molar-refractivity contribution < 1.29 is 35.5 Å². The molecule has 0 saturated heterocycles. The second-order valence-corrected chi connectivity index (χ2v) is 8.72. The standard InChI is InChI=1S/C17H20F4O4S/c1-2-25-15(22)12-6-8-16(11-18,9-7-12)26(23,24)14-5-3-4-13(10-14)17(19,20)21/h3-5,10,12H,2,6-9,11H2,1H3. The first-order chi connectivity index (χ1) is 12.1. The fourth-order valence-corrected chi connectivity index (χ4v) is 5.16. The molecular formula is C17H20F4O4S. The molecule has 0 N–H and O–H groups in total. The van der Waals surface area contributed by atoms with Crippen molar-refractivity contribution in [3.8, 4) is 0 Å². The van der Waals surface area contributed by atoms with Gasteiger partial charge in [0.25, 0.3) is 0 Å². The summed E-state index contributed by atoms with van der Waals surface area (Å²) in [6, 6.07) is 3.33. The van der Waals surface area contributed by atoms with Crippen molar-refractivity contribution in [2.75, 3.05) is 13.3 Å². The minimum atomic E-state index is -4.70. The second kappa shape index (κ2) is 7.54. The number of benzene rings is 1. The molecule has 4 nitrogen and oxygen atoms in total. The van der Waals surface area contributed by atoms with Crippen LogP contribution in [0.2, 0.25) is 0 Å². The number of rotatable bonds is 5. The number of alkyl halides is 4. The van der Waals surface area contributed by atoms with E-state index in [0.717, 1.165) is 18.2 Å². The molecule has 0 radical (unpaired) electrons. The molecule has 1 saturated carbocycles. The number of carbonyl (C=O) groups excluding carboxylic acids is 1. The number of halogens is 4. The Balaban J connectivity index is 2.31. The van der Waals surface area contributed by atoms with Crippen LogP contribution in [0.25, 0.3) is 0 Å². The van der Waals surface area contributed by atoms with E-state index in [2.05, 4.69) is 0 Å². The van der Waals surface area contributed by atoms with E-state index in [1.165, 1.54) is 0 Å². The van der Waals surface area contributed by atoms with Gasteiger partial charge in [0.05, 0.1) is 23.0 Å². The van der Waals surface area contributed by atoms with Gasteiger partial charge in [0.1, 0.15) is 11.4 Å². The van der Waals surface area contributed by atoms with Crippen LogP contribution in [-0.2, 0) is 25.5 Å². The maximum Gasteiger partial charge on any atom is 0.416 e. The Kier molecular flexibility index (Phi) is 5.99. The van der Waals surface area contributed by atoms with Crippen molar-refractivity contribution in [1.82, 2.24) is 0 Å². The highest BCUT2D eigenvalue weighted by Crippen LogP contribution is 2.42. The molecule has 1 aliphatic carbocycles. The summed E-state index contributed by atoms with van der Waals surface area (Å²) >= 11 is 0. The van der Waals surface area contributed by atoms with E-state index in [9.17, 15) is 30.8 Å². The van der Waals surface area contributed by atoms with Crippen molar-refractivity contribution in [1.29, 1.82) is 0 Å². The van der Waals surface area contributed by atoms with E-state index in [1.807, 2.05) is 0 Å². The quantitative estimate of drug-likeness (QED) is 0.559. The van der Waals surface area contributed by atoms with Crippen LogP contribution in [0.4, 0.5) is 17.6 Å². The predicted molar refractivity (Wildman–Crippen MR) is 85.9 cm³/mol. The molecule has 2 rings (SSSR count). The van der Waals surface area contributed by atoms with Crippen LogP contribution in [-0.4, -0.2) is 32.4 Å². The molecule has 146 valence electrons. The molecule has 9 heteroatoms. The fourth-order valence-electron chi connectivity index (χ4n) is 3.20. The van der Waals surface area contributed by atoms with Gasteiger partial charge in [-0.15, -0.1) is 0 Å². The molecule has 0 spiro atoms. The summed E-state index contributed by atoms with van der Waals surface area (Å²) in [6.07, 6.45) is -4.77. The monoisotopic (exact) mass is 396 g/mol. The lowest BCUT2D eigenvalue weighted by Crippen LogP contribution is -2.45. The molecule has 0 aliphatic heterocycles. The van der Waals surface area contributed by atoms with E-state index in [4.69, 9.17) is 4.74 Å². The Bertz CT molecular complexity index is 750. The van der Waals surface area contributed by atoms with Gasteiger partial charge >= 0.3 is 12.1 Å². The molecule has 0 unspecified atom stereocenters. The first kappa shape index (κ1) is 20.7. The highest BCUT2D eigenvalue weighted by molar-refractivity contribution is 7.92. The van der Waals surface area contributed by atoms with Crippen molar-refractivity contribution >= 4 is 15.8 Å². The van der Waals surface area contributed by atoms with E-state index >= 15 is 0 Å². The van der Waals surface area contributed by atoms with Crippen LogP contribution in [0, 0.1) is 5.92 Å². The van der Waals surface area contributed by atoms with Gasteiger partial charge in [0.2, 0.25) is 0 Å². The Morgan fingerprint density at radius 3 is 2.38 bits per heavy atom. The maximum atomic E-state index is 13.8. The SMILES string of the molecule is CCOC(=O)C1CCC(CF)(S(=O)(=O)c2cccc(C(F)(F)F)c2)CC1. The third-order valence-electron chi connectivity index (χ3n) is 4.80. The molecule has 1 fully saturated rings. The number of carbonyl (C=O) groups is 1. The highest BCUT2D eigenvalue weighted by atomic mass is 32.2. The molecule has 1 aromatic rings. The lowest BCUT2D eigenvalue weighted by Gasteiger charge is -2.36. The molecule has 0 heterocycles. The minimum absolute atomic E-state index is 0.112. The summed E-state index contributed by atoms with van der Waals surface area (Å²) in [5.41, 5.74) is -1.10. The summed E-state index contributed by atoms with van der Waals surface area (Å²) < 4.78 is 81.3. The second-order valence-electron chi connectivity index (χ2n) is 6.37. The normalized spacial score (nSPS) is 24.3. The lowest BCUT2D eigenvalue weighted by molar-refractivity contribution is -0.149. The average molecular weight is 396 g/mol. The minimum Gasteiger partial charge on any atom is -0.466 e. The summed E-state index contributed by atoms with van der Waals surface area (Å²) in [7, 11) is -4.35. The third kappa shape index (κ3) is 3.87. The first-order valence-electron chi connectivity index (χ1n) is 8.22. The van der Waals surface area contributed by atoms with Crippen LogP contribution in [0.15, 0.2) is 29.2 Å². The van der Waals surface area contributed by atoms with Crippen LogP contribution in [0.5, 0.6) is 0 Å². The smallest absolute Gasteiger partial charge is 0.416 e. The number of ether oxygens (including phenoxy) is 1. The highest BCUT2D eigenvalue weighted by Gasteiger charge is 2.49. The van der Waals surface area contributed by atoms with Crippen molar-refractivity contribution in [3.63, 3.8) is 0 Å². The maximum absolute atomic E-state index is 13.8. The zero-order valence-electron chi connectivity index (χ0n) is 14.2. The van der Waals surface area contributed by atoms with Crippen LogP contribution < -0.4 is 0 Å². The zero-order valence-corrected chi connectivity index (χ0v) is 15.0. The van der Waals surface area contributed by atoms with Gasteiger partial charge in [-0.05, 0) is 50.8 Å².